The largest absolute Gasteiger partial charge is 0.418 e. The fraction of sp³-hybridized carbons (Fsp3) is 0.481. The Morgan fingerprint density at radius 2 is 1.87 bits per heavy atom. The van der Waals surface area contributed by atoms with Crippen molar-refractivity contribution in [1.82, 2.24) is 20.2 Å². The van der Waals surface area contributed by atoms with Crippen molar-refractivity contribution in [3.05, 3.63) is 58.3 Å². The minimum atomic E-state index is -4.57. The van der Waals surface area contributed by atoms with Crippen molar-refractivity contribution < 1.29 is 26.4 Å². The molecule has 1 amide bonds. The first-order valence-electron chi connectivity index (χ1n) is 12.8. The van der Waals surface area contributed by atoms with E-state index in [4.69, 9.17) is 0 Å². The van der Waals surface area contributed by atoms with E-state index in [9.17, 15) is 26.4 Å². The molecule has 1 aromatic heterocycles. The van der Waals surface area contributed by atoms with Crippen LogP contribution in [0.15, 0.2) is 51.8 Å². The summed E-state index contributed by atoms with van der Waals surface area (Å²) in [4.78, 5) is 22.3. The first kappa shape index (κ1) is 29.5. The van der Waals surface area contributed by atoms with Crippen molar-refractivity contribution in [2.24, 2.45) is 5.92 Å². The smallest absolute Gasteiger partial charge is 0.353 e. The van der Waals surface area contributed by atoms with E-state index in [1.54, 1.807) is 24.3 Å². The summed E-state index contributed by atoms with van der Waals surface area (Å²) in [7, 11) is -1.61. The predicted molar refractivity (Wildman–Crippen MR) is 147 cm³/mol. The van der Waals surface area contributed by atoms with Crippen LogP contribution in [0.3, 0.4) is 0 Å². The van der Waals surface area contributed by atoms with Crippen molar-refractivity contribution in [2.75, 3.05) is 12.8 Å². The van der Waals surface area contributed by atoms with E-state index in [-0.39, 0.29) is 51.9 Å². The average molecular weight is 630 g/mol. The number of para-hydroxylation sites is 1. The molecular weight excluding hydrogens is 597 g/mol. The molecule has 0 radical (unpaired) electrons. The Kier molecular flexibility index (Phi) is 8.77. The highest BCUT2D eigenvalue weighted by molar-refractivity contribution is 9.10. The topological polar surface area (TPSA) is 95.2 Å². The summed E-state index contributed by atoms with van der Waals surface area (Å²) in [5.74, 6) is -0.766. The molecule has 2 aromatic carbocycles. The van der Waals surface area contributed by atoms with Crippen LogP contribution in [-0.2, 0) is 27.2 Å². The standard InChI is InChI=1S/C27H32BrF3N4O3S/c1-16(2)35(3)19-9-12-22(17(13-19)15-39(37,38)20-10-7-18(28)8-11-20)33-25(36)14-24-32-23-6-4-5-21(26(23)34-24)27(29,30)31/h4-8,10-11,16-17,19,22H,9,12-15H2,1-3H3,(H,32,34)(H,33,36). The van der Waals surface area contributed by atoms with E-state index in [1.165, 1.54) is 12.1 Å². The van der Waals surface area contributed by atoms with Gasteiger partial charge in [-0.3, -0.25) is 4.79 Å². The van der Waals surface area contributed by atoms with Crippen LogP contribution in [0.5, 0.6) is 0 Å². The molecule has 39 heavy (non-hydrogen) atoms. The number of aromatic nitrogens is 2. The number of imidazole rings is 1. The second-order valence-electron chi connectivity index (χ2n) is 10.5. The number of hydrogen-bond acceptors (Lipinski definition) is 5. The number of rotatable bonds is 8. The number of aromatic amines is 1. The molecule has 0 saturated heterocycles. The molecule has 3 aromatic rings. The van der Waals surface area contributed by atoms with Crippen LogP contribution in [0, 0.1) is 5.92 Å². The molecule has 1 fully saturated rings. The van der Waals surface area contributed by atoms with Gasteiger partial charge in [-0.25, -0.2) is 13.4 Å². The molecule has 0 bridgehead atoms. The van der Waals surface area contributed by atoms with Gasteiger partial charge in [0.15, 0.2) is 9.84 Å². The summed E-state index contributed by atoms with van der Waals surface area (Å²) in [6.45, 7) is 4.16. The maximum absolute atomic E-state index is 13.4. The third-order valence-electron chi connectivity index (χ3n) is 7.49. The lowest BCUT2D eigenvalue weighted by atomic mass is 9.81. The maximum atomic E-state index is 13.4. The Morgan fingerprint density at radius 1 is 1.18 bits per heavy atom. The molecule has 12 heteroatoms. The molecule has 1 aliphatic rings. The van der Waals surface area contributed by atoms with Crippen molar-refractivity contribution in [3.8, 4) is 0 Å². The van der Waals surface area contributed by atoms with Crippen LogP contribution >= 0.6 is 15.9 Å². The zero-order valence-corrected chi connectivity index (χ0v) is 24.3. The van der Waals surface area contributed by atoms with Crippen molar-refractivity contribution in [1.29, 1.82) is 0 Å². The quantitative estimate of drug-likeness (QED) is 0.350. The predicted octanol–water partition coefficient (Wildman–Crippen LogP) is 5.35. The Bertz CT molecular complexity index is 1420. The minimum Gasteiger partial charge on any atom is -0.353 e. The zero-order valence-electron chi connectivity index (χ0n) is 21.9. The number of nitrogens with one attached hydrogen (secondary N) is 2. The molecule has 212 valence electrons. The van der Waals surface area contributed by atoms with E-state index in [0.29, 0.717) is 12.8 Å². The number of halogens is 4. The molecule has 7 nitrogen and oxygen atoms in total. The van der Waals surface area contributed by atoms with Gasteiger partial charge in [0, 0.05) is 22.6 Å². The number of fused-ring (bicyclic) bond motifs is 1. The molecule has 0 aliphatic heterocycles. The van der Waals surface area contributed by atoms with Gasteiger partial charge in [-0.15, -0.1) is 0 Å². The summed E-state index contributed by atoms with van der Waals surface area (Å²) in [5.41, 5.74) is -0.902. The first-order chi connectivity index (χ1) is 18.2. The van der Waals surface area contributed by atoms with Gasteiger partial charge in [-0.1, -0.05) is 22.0 Å². The molecule has 0 spiro atoms. The Hall–Kier alpha value is -2.44. The van der Waals surface area contributed by atoms with E-state index < -0.39 is 33.5 Å². The molecular formula is C27H32BrF3N4O3S. The van der Waals surface area contributed by atoms with Gasteiger partial charge in [-0.05, 0) is 82.5 Å². The van der Waals surface area contributed by atoms with E-state index in [2.05, 4.69) is 50.0 Å². The second kappa shape index (κ2) is 11.6. The highest BCUT2D eigenvalue weighted by atomic mass is 79.9. The van der Waals surface area contributed by atoms with Crippen molar-refractivity contribution in [2.45, 2.75) is 68.7 Å². The van der Waals surface area contributed by atoms with Crippen molar-refractivity contribution in [3.63, 3.8) is 0 Å². The van der Waals surface area contributed by atoms with Gasteiger partial charge in [-0.2, -0.15) is 13.2 Å². The molecule has 3 unspecified atom stereocenters. The molecule has 2 N–H and O–H groups in total. The summed E-state index contributed by atoms with van der Waals surface area (Å²) >= 11 is 3.33. The molecule has 4 rings (SSSR count). The van der Waals surface area contributed by atoms with Gasteiger partial charge in [0.2, 0.25) is 5.91 Å². The minimum absolute atomic E-state index is 0.117. The summed E-state index contributed by atoms with van der Waals surface area (Å²) < 4.78 is 67.5. The van der Waals surface area contributed by atoms with Gasteiger partial charge in [0.1, 0.15) is 11.3 Å². The lowest BCUT2D eigenvalue weighted by Gasteiger charge is -2.41. The van der Waals surface area contributed by atoms with Crippen LogP contribution in [0.2, 0.25) is 0 Å². The molecule has 3 atom stereocenters. The number of carbonyl (C=O) groups is 1. The van der Waals surface area contributed by atoms with Gasteiger partial charge < -0.3 is 15.2 Å². The monoisotopic (exact) mass is 628 g/mol. The number of carbonyl (C=O) groups excluding carboxylic acids is 1. The third-order valence-corrected chi connectivity index (χ3v) is 9.88. The second-order valence-corrected chi connectivity index (χ2v) is 13.4. The van der Waals surface area contributed by atoms with E-state index in [0.717, 1.165) is 17.0 Å². The maximum Gasteiger partial charge on any atom is 0.418 e. The Morgan fingerprint density at radius 3 is 2.51 bits per heavy atom. The van der Waals surface area contributed by atoms with Gasteiger partial charge in [0.05, 0.1) is 28.1 Å². The van der Waals surface area contributed by atoms with Crippen LogP contribution < -0.4 is 5.32 Å². The van der Waals surface area contributed by atoms with Gasteiger partial charge in [0.25, 0.3) is 0 Å². The number of amides is 1. The SMILES string of the molecule is CC(C)N(C)C1CCC(NC(=O)Cc2nc3c(C(F)(F)F)cccc3[nH]2)C(CS(=O)(=O)c2ccc(Br)cc2)C1. The van der Waals surface area contributed by atoms with Crippen LogP contribution in [0.25, 0.3) is 11.0 Å². The number of nitrogens with zero attached hydrogens (tertiary/aromatic N) is 2. The number of H-pyrrole nitrogens is 1. The number of alkyl halides is 3. The highest BCUT2D eigenvalue weighted by Gasteiger charge is 2.37. The van der Waals surface area contributed by atoms with E-state index in [1.807, 2.05) is 7.05 Å². The summed E-state index contributed by atoms with van der Waals surface area (Å²) in [5, 5.41) is 2.97. The normalized spacial score (nSPS) is 20.6. The number of sulfone groups is 1. The van der Waals surface area contributed by atoms with E-state index >= 15 is 0 Å². The molecule has 1 saturated carbocycles. The summed E-state index contributed by atoms with van der Waals surface area (Å²) in [6, 6.07) is 10.3. The molecule has 1 aliphatic carbocycles. The van der Waals surface area contributed by atoms with Crippen LogP contribution in [0.1, 0.15) is 44.5 Å². The van der Waals surface area contributed by atoms with Gasteiger partial charge >= 0.3 is 6.18 Å². The zero-order chi connectivity index (χ0) is 28.5. The number of hydrogen-bond donors (Lipinski definition) is 2. The lowest BCUT2D eigenvalue weighted by molar-refractivity contribution is -0.136. The highest BCUT2D eigenvalue weighted by Crippen LogP contribution is 2.34. The number of benzene rings is 2. The van der Waals surface area contributed by atoms with Crippen LogP contribution in [-0.4, -0.2) is 60.1 Å². The van der Waals surface area contributed by atoms with Crippen molar-refractivity contribution >= 4 is 42.7 Å². The van der Waals surface area contributed by atoms with Crippen LogP contribution in [0.4, 0.5) is 13.2 Å². The fourth-order valence-electron chi connectivity index (χ4n) is 5.23. The third kappa shape index (κ3) is 7.01. The Balaban J connectivity index is 1.52. The molecule has 1 heterocycles. The summed E-state index contributed by atoms with van der Waals surface area (Å²) in [6.07, 6.45) is -2.84. The first-order valence-corrected chi connectivity index (χ1v) is 15.2. The average Bonchev–Trinajstić information content (AvgIpc) is 3.26. The lowest BCUT2D eigenvalue weighted by Crippen LogP contribution is -2.51. The Labute approximate surface area is 234 Å². The fourth-order valence-corrected chi connectivity index (χ4v) is 7.17.